The minimum Gasteiger partial charge on any atom is -0.493 e. The maximum atomic E-state index is 6.04. The van der Waals surface area contributed by atoms with Crippen molar-refractivity contribution in [2.45, 2.75) is 31.6 Å². The summed E-state index contributed by atoms with van der Waals surface area (Å²) in [5, 5.41) is 14.6. The quantitative estimate of drug-likeness (QED) is 0.606. The molecule has 2 aromatic heterocycles. The van der Waals surface area contributed by atoms with Crippen molar-refractivity contribution in [1.29, 1.82) is 0 Å². The molecule has 2 aliphatic rings. The predicted molar refractivity (Wildman–Crippen MR) is 110 cm³/mol. The van der Waals surface area contributed by atoms with Crippen molar-refractivity contribution < 1.29 is 4.74 Å². The SMILES string of the molecule is Clc1cc(Cl)cc(OCC2CCN(c3ccc4nnc(C5CC5)n4n3)CC2)c1. The maximum Gasteiger partial charge on any atom is 0.178 e. The van der Waals surface area contributed by atoms with Gasteiger partial charge in [-0.3, -0.25) is 0 Å². The fraction of sp³-hybridized carbons (Fsp3) is 0.450. The lowest BCUT2D eigenvalue weighted by molar-refractivity contribution is 0.222. The Morgan fingerprint density at radius 1 is 0.964 bits per heavy atom. The first kappa shape index (κ1) is 18.0. The second-order valence-electron chi connectivity index (χ2n) is 7.64. The molecule has 146 valence electrons. The van der Waals surface area contributed by atoms with Gasteiger partial charge in [-0.25, -0.2) is 0 Å². The van der Waals surface area contributed by atoms with Crippen LogP contribution in [0.25, 0.3) is 5.65 Å². The fourth-order valence-electron chi connectivity index (χ4n) is 3.72. The van der Waals surface area contributed by atoms with Gasteiger partial charge < -0.3 is 9.64 Å². The number of anilines is 1. The third-order valence-electron chi connectivity index (χ3n) is 5.48. The average Bonchev–Trinajstić information content (AvgIpc) is 3.45. The van der Waals surface area contributed by atoms with Crippen LogP contribution in [0.2, 0.25) is 10.0 Å². The van der Waals surface area contributed by atoms with Crippen molar-refractivity contribution in [3.05, 3.63) is 46.2 Å². The summed E-state index contributed by atoms with van der Waals surface area (Å²) < 4.78 is 7.84. The van der Waals surface area contributed by atoms with Gasteiger partial charge in [0.25, 0.3) is 0 Å². The lowest BCUT2D eigenvalue weighted by Gasteiger charge is -2.32. The molecule has 3 heterocycles. The van der Waals surface area contributed by atoms with Crippen LogP contribution >= 0.6 is 23.2 Å². The monoisotopic (exact) mass is 417 g/mol. The zero-order chi connectivity index (χ0) is 19.1. The van der Waals surface area contributed by atoms with Crippen molar-refractivity contribution in [2.75, 3.05) is 24.6 Å². The van der Waals surface area contributed by atoms with Crippen molar-refractivity contribution in [1.82, 2.24) is 19.8 Å². The van der Waals surface area contributed by atoms with Gasteiger partial charge in [0.15, 0.2) is 11.5 Å². The Labute approximate surface area is 173 Å². The number of nitrogens with zero attached hydrogens (tertiary/aromatic N) is 5. The van der Waals surface area contributed by atoms with Crippen molar-refractivity contribution in [3.8, 4) is 5.75 Å². The van der Waals surface area contributed by atoms with Gasteiger partial charge in [0.05, 0.1) is 6.61 Å². The van der Waals surface area contributed by atoms with E-state index in [9.17, 15) is 0 Å². The molecule has 0 N–H and O–H groups in total. The molecule has 1 aromatic carbocycles. The summed E-state index contributed by atoms with van der Waals surface area (Å²) in [7, 11) is 0. The lowest BCUT2D eigenvalue weighted by atomic mass is 9.98. The van der Waals surface area contributed by atoms with Crippen molar-refractivity contribution >= 4 is 34.7 Å². The molecule has 0 unspecified atom stereocenters. The molecule has 1 saturated heterocycles. The summed E-state index contributed by atoms with van der Waals surface area (Å²) in [6, 6.07) is 9.38. The van der Waals surface area contributed by atoms with E-state index in [-0.39, 0.29) is 0 Å². The van der Waals surface area contributed by atoms with Crippen LogP contribution in [0.4, 0.5) is 5.82 Å². The minimum atomic E-state index is 0.509. The largest absolute Gasteiger partial charge is 0.493 e. The molecular formula is C20H21Cl2N5O. The highest BCUT2D eigenvalue weighted by Crippen LogP contribution is 2.38. The number of ether oxygens (including phenoxy) is 1. The van der Waals surface area contributed by atoms with Crippen molar-refractivity contribution in [3.63, 3.8) is 0 Å². The molecule has 5 rings (SSSR count). The second kappa shape index (κ2) is 7.41. The van der Waals surface area contributed by atoms with Crippen LogP contribution in [0.1, 0.15) is 37.4 Å². The highest BCUT2D eigenvalue weighted by atomic mass is 35.5. The molecule has 0 spiro atoms. The Bertz CT molecular complexity index is 975. The van der Waals surface area contributed by atoms with Gasteiger partial charge in [-0.15, -0.1) is 15.3 Å². The first-order valence-electron chi connectivity index (χ1n) is 9.72. The van der Waals surface area contributed by atoms with E-state index in [1.54, 1.807) is 18.2 Å². The number of hydrogen-bond donors (Lipinski definition) is 0. The van der Waals surface area contributed by atoms with E-state index >= 15 is 0 Å². The zero-order valence-corrected chi connectivity index (χ0v) is 16.9. The van der Waals surface area contributed by atoms with Crippen LogP contribution in [-0.4, -0.2) is 39.5 Å². The average molecular weight is 418 g/mol. The number of halogens is 2. The van der Waals surface area contributed by atoms with Crippen LogP contribution in [0, 0.1) is 5.92 Å². The molecule has 3 aromatic rings. The van der Waals surface area contributed by atoms with Gasteiger partial charge in [-0.05, 0) is 61.9 Å². The summed E-state index contributed by atoms with van der Waals surface area (Å²) >= 11 is 12.1. The van der Waals surface area contributed by atoms with E-state index in [1.165, 1.54) is 12.8 Å². The molecule has 1 saturated carbocycles. The Morgan fingerprint density at radius 3 is 2.43 bits per heavy atom. The topological polar surface area (TPSA) is 55.5 Å². The van der Waals surface area contributed by atoms with Crippen LogP contribution < -0.4 is 9.64 Å². The van der Waals surface area contributed by atoms with E-state index in [4.69, 9.17) is 33.0 Å². The molecule has 8 heteroatoms. The molecule has 1 aliphatic carbocycles. The Balaban J connectivity index is 1.21. The fourth-order valence-corrected chi connectivity index (χ4v) is 4.22. The van der Waals surface area contributed by atoms with E-state index in [0.29, 0.717) is 28.5 Å². The van der Waals surface area contributed by atoms with E-state index in [1.807, 2.05) is 16.6 Å². The lowest BCUT2D eigenvalue weighted by Crippen LogP contribution is -2.36. The predicted octanol–water partition coefficient (Wildman–Crippen LogP) is 4.60. The van der Waals surface area contributed by atoms with Crippen LogP contribution in [0.15, 0.2) is 30.3 Å². The van der Waals surface area contributed by atoms with Gasteiger partial charge >= 0.3 is 0 Å². The number of rotatable bonds is 5. The van der Waals surface area contributed by atoms with E-state index in [0.717, 1.165) is 49.0 Å². The first-order chi connectivity index (χ1) is 13.7. The van der Waals surface area contributed by atoms with Crippen molar-refractivity contribution in [2.24, 2.45) is 5.92 Å². The Hall–Kier alpha value is -2.05. The highest BCUT2D eigenvalue weighted by Gasteiger charge is 2.29. The highest BCUT2D eigenvalue weighted by molar-refractivity contribution is 6.34. The number of benzene rings is 1. The number of hydrogen-bond acceptors (Lipinski definition) is 5. The second-order valence-corrected chi connectivity index (χ2v) is 8.51. The Morgan fingerprint density at radius 2 is 1.71 bits per heavy atom. The summed E-state index contributed by atoms with van der Waals surface area (Å²) in [5.74, 6) is 3.76. The van der Waals surface area contributed by atoms with Gasteiger partial charge in [0.2, 0.25) is 0 Å². The normalized spacial score (nSPS) is 18.0. The summed E-state index contributed by atoms with van der Waals surface area (Å²) in [6.45, 7) is 2.60. The van der Waals surface area contributed by atoms with Crippen LogP contribution in [0.5, 0.6) is 5.75 Å². The first-order valence-corrected chi connectivity index (χ1v) is 10.5. The van der Waals surface area contributed by atoms with Gasteiger partial charge in [-0.2, -0.15) is 4.52 Å². The van der Waals surface area contributed by atoms with E-state index in [2.05, 4.69) is 15.1 Å². The molecule has 0 bridgehead atoms. The smallest absolute Gasteiger partial charge is 0.178 e. The number of aromatic nitrogens is 4. The molecule has 0 atom stereocenters. The summed E-state index contributed by atoms with van der Waals surface area (Å²) in [4.78, 5) is 2.34. The van der Waals surface area contributed by atoms with Gasteiger partial charge in [0.1, 0.15) is 11.6 Å². The molecule has 0 radical (unpaired) electrons. The summed E-state index contributed by atoms with van der Waals surface area (Å²) in [5.41, 5.74) is 0.828. The summed E-state index contributed by atoms with van der Waals surface area (Å²) in [6.07, 6.45) is 4.50. The third-order valence-corrected chi connectivity index (χ3v) is 5.91. The van der Waals surface area contributed by atoms with Crippen LogP contribution in [0.3, 0.4) is 0 Å². The van der Waals surface area contributed by atoms with E-state index < -0.39 is 0 Å². The molecule has 2 fully saturated rings. The standard InChI is InChI=1S/C20H21Cl2N5O/c21-15-9-16(22)11-17(10-15)28-12-13-5-7-26(8-6-13)19-4-3-18-23-24-20(14-1-2-14)27(18)25-19/h3-4,9-11,13-14H,1-2,5-8,12H2. The molecule has 1 aliphatic heterocycles. The molecule has 28 heavy (non-hydrogen) atoms. The molecule has 0 amide bonds. The number of piperidine rings is 1. The van der Waals surface area contributed by atoms with Gasteiger partial charge in [-0.1, -0.05) is 23.2 Å². The number of fused-ring (bicyclic) bond motifs is 1. The van der Waals surface area contributed by atoms with Crippen LogP contribution in [-0.2, 0) is 0 Å². The third kappa shape index (κ3) is 3.76. The maximum absolute atomic E-state index is 6.04. The minimum absolute atomic E-state index is 0.509. The Kier molecular flexibility index (Phi) is 4.77. The molecule has 6 nitrogen and oxygen atoms in total. The molecular weight excluding hydrogens is 397 g/mol. The zero-order valence-electron chi connectivity index (χ0n) is 15.4. The van der Waals surface area contributed by atoms with Gasteiger partial charge in [0, 0.05) is 29.1 Å².